The van der Waals surface area contributed by atoms with Crippen molar-refractivity contribution >= 4 is 23.3 Å². The number of benzene rings is 1. The van der Waals surface area contributed by atoms with E-state index in [-0.39, 0.29) is 17.5 Å². The summed E-state index contributed by atoms with van der Waals surface area (Å²) >= 11 is 0. The number of carbonyl (C=O) groups is 2. The first-order valence-electron chi connectivity index (χ1n) is 6.40. The molecule has 0 bridgehead atoms. The predicted octanol–water partition coefficient (Wildman–Crippen LogP) is 1.33. The Bertz CT molecular complexity index is 601. The summed E-state index contributed by atoms with van der Waals surface area (Å²) in [6.07, 6.45) is 1.06. The van der Waals surface area contributed by atoms with Crippen molar-refractivity contribution in [3.63, 3.8) is 0 Å². The lowest BCUT2D eigenvalue weighted by atomic mass is 10.0. The number of amides is 1. The lowest BCUT2D eigenvalue weighted by Gasteiger charge is -2.30. The molecular formula is C13H15N3O5. The molecule has 1 aromatic rings. The van der Waals surface area contributed by atoms with Crippen LogP contribution in [0.5, 0.6) is 0 Å². The number of carboxylic acid groups (broad SMARTS) is 1. The van der Waals surface area contributed by atoms with E-state index >= 15 is 0 Å². The maximum Gasteiger partial charge on any atom is 0.342 e. The van der Waals surface area contributed by atoms with Gasteiger partial charge in [0, 0.05) is 37.8 Å². The summed E-state index contributed by atoms with van der Waals surface area (Å²) in [6, 6.07) is 3.90. The first kappa shape index (κ1) is 14.8. The first-order valence-corrected chi connectivity index (χ1v) is 6.40. The Balaban J connectivity index is 2.18. The summed E-state index contributed by atoms with van der Waals surface area (Å²) in [5.74, 6) is -1.27. The van der Waals surface area contributed by atoms with Gasteiger partial charge in [0.1, 0.15) is 5.56 Å². The van der Waals surface area contributed by atoms with Gasteiger partial charge in [0.25, 0.3) is 5.69 Å². The molecule has 1 fully saturated rings. The Morgan fingerprint density at radius 3 is 2.81 bits per heavy atom. The Morgan fingerprint density at radius 2 is 2.24 bits per heavy atom. The number of hydrogen-bond acceptors (Lipinski definition) is 5. The van der Waals surface area contributed by atoms with Gasteiger partial charge < -0.3 is 15.3 Å². The minimum absolute atomic E-state index is 0.0111. The molecule has 2 rings (SSSR count). The zero-order valence-electron chi connectivity index (χ0n) is 11.4. The fraction of sp³-hybridized carbons (Fsp3) is 0.385. The van der Waals surface area contributed by atoms with Gasteiger partial charge in [-0.1, -0.05) is 0 Å². The number of likely N-dealkylation sites (tertiary alicyclic amines) is 1. The maximum atomic E-state index is 11.4. The molecule has 0 spiro atoms. The number of aromatic carboxylic acids is 1. The smallest absolute Gasteiger partial charge is 0.342 e. The molecule has 1 atom stereocenters. The van der Waals surface area contributed by atoms with Crippen LogP contribution in [-0.2, 0) is 4.79 Å². The second-order valence-electron chi connectivity index (χ2n) is 4.95. The van der Waals surface area contributed by atoms with Crippen molar-refractivity contribution in [2.45, 2.75) is 18.9 Å². The number of nitro benzene ring substituents is 1. The van der Waals surface area contributed by atoms with Crippen LogP contribution in [0, 0.1) is 10.1 Å². The SMILES string of the molecule is CN1CC(Nc2ccc(C(=O)O)c([N+](=O)[O-])c2)CCC1=O. The monoisotopic (exact) mass is 293 g/mol. The van der Waals surface area contributed by atoms with Crippen LogP contribution in [0.2, 0.25) is 0 Å². The van der Waals surface area contributed by atoms with E-state index in [2.05, 4.69) is 5.32 Å². The number of carbonyl (C=O) groups excluding carboxylic acids is 1. The second-order valence-corrected chi connectivity index (χ2v) is 4.95. The Labute approximate surface area is 120 Å². The lowest BCUT2D eigenvalue weighted by molar-refractivity contribution is -0.385. The molecule has 2 N–H and O–H groups in total. The van der Waals surface area contributed by atoms with E-state index in [1.807, 2.05) is 0 Å². The molecule has 1 unspecified atom stereocenters. The van der Waals surface area contributed by atoms with Gasteiger partial charge in [0.2, 0.25) is 5.91 Å². The number of nitrogens with one attached hydrogen (secondary N) is 1. The third-order valence-corrected chi connectivity index (χ3v) is 3.42. The number of anilines is 1. The van der Waals surface area contributed by atoms with Crippen LogP contribution in [0.25, 0.3) is 0 Å². The fourth-order valence-corrected chi connectivity index (χ4v) is 2.32. The largest absolute Gasteiger partial charge is 0.477 e. The number of piperidine rings is 1. The summed E-state index contributed by atoms with van der Waals surface area (Å²) < 4.78 is 0. The first-order chi connectivity index (χ1) is 9.88. The van der Waals surface area contributed by atoms with Crippen molar-refractivity contribution in [2.75, 3.05) is 18.9 Å². The standard InChI is InChI=1S/C13H15N3O5/c1-15-7-9(3-5-12(15)17)14-8-2-4-10(13(18)19)11(6-8)16(20)21/h2,4,6,9,14H,3,5,7H2,1H3,(H,18,19). The Hall–Kier alpha value is -2.64. The van der Waals surface area contributed by atoms with Crippen molar-refractivity contribution in [2.24, 2.45) is 0 Å². The highest BCUT2D eigenvalue weighted by atomic mass is 16.6. The molecule has 112 valence electrons. The maximum absolute atomic E-state index is 11.4. The summed E-state index contributed by atoms with van der Waals surface area (Å²) in [5, 5.41) is 23.0. The Kier molecular flexibility index (Phi) is 4.06. The minimum atomic E-state index is -1.34. The van der Waals surface area contributed by atoms with Gasteiger partial charge in [-0.2, -0.15) is 0 Å². The van der Waals surface area contributed by atoms with E-state index in [1.165, 1.54) is 18.2 Å². The molecule has 0 saturated carbocycles. The van der Waals surface area contributed by atoms with E-state index in [9.17, 15) is 19.7 Å². The molecule has 8 heteroatoms. The number of carboxylic acids is 1. The second kappa shape index (κ2) is 5.78. The van der Waals surface area contributed by atoms with E-state index in [4.69, 9.17) is 5.11 Å². The molecule has 1 aromatic carbocycles. The highest BCUT2D eigenvalue weighted by Crippen LogP contribution is 2.25. The molecule has 0 radical (unpaired) electrons. The van der Waals surface area contributed by atoms with Gasteiger partial charge in [-0.25, -0.2) is 4.79 Å². The normalized spacial score (nSPS) is 18.4. The van der Waals surface area contributed by atoms with Crippen molar-refractivity contribution in [3.8, 4) is 0 Å². The highest BCUT2D eigenvalue weighted by Gasteiger charge is 2.24. The van der Waals surface area contributed by atoms with Crippen LogP contribution in [-0.4, -0.2) is 46.4 Å². The fourth-order valence-electron chi connectivity index (χ4n) is 2.32. The number of hydrogen-bond donors (Lipinski definition) is 2. The van der Waals surface area contributed by atoms with E-state index in [0.717, 1.165) is 0 Å². The summed E-state index contributed by atoms with van der Waals surface area (Å²) in [7, 11) is 1.70. The zero-order valence-corrected chi connectivity index (χ0v) is 11.4. The number of nitrogens with zero attached hydrogens (tertiary/aromatic N) is 2. The van der Waals surface area contributed by atoms with Crippen LogP contribution < -0.4 is 5.32 Å². The molecular weight excluding hydrogens is 278 g/mol. The van der Waals surface area contributed by atoms with Crippen LogP contribution in [0.4, 0.5) is 11.4 Å². The third-order valence-electron chi connectivity index (χ3n) is 3.42. The van der Waals surface area contributed by atoms with Gasteiger partial charge in [0.15, 0.2) is 0 Å². The lowest BCUT2D eigenvalue weighted by Crippen LogP contribution is -2.43. The van der Waals surface area contributed by atoms with E-state index in [0.29, 0.717) is 25.1 Å². The minimum Gasteiger partial charge on any atom is -0.477 e. The predicted molar refractivity (Wildman–Crippen MR) is 74.3 cm³/mol. The summed E-state index contributed by atoms with van der Waals surface area (Å²) in [5.41, 5.74) is -0.325. The van der Waals surface area contributed by atoms with Gasteiger partial charge >= 0.3 is 5.97 Å². The van der Waals surface area contributed by atoms with Crippen molar-refractivity contribution < 1.29 is 19.6 Å². The molecule has 21 heavy (non-hydrogen) atoms. The average molecular weight is 293 g/mol. The van der Waals surface area contributed by atoms with Crippen LogP contribution in [0.1, 0.15) is 23.2 Å². The van der Waals surface area contributed by atoms with Crippen LogP contribution in [0.3, 0.4) is 0 Å². The number of likely N-dealkylation sites (N-methyl/N-ethyl adjacent to an activating group) is 1. The molecule has 1 aliphatic rings. The highest BCUT2D eigenvalue weighted by molar-refractivity contribution is 5.93. The van der Waals surface area contributed by atoms with Crippen LogP contribution in [0.15, 0.2) is 18.2 Å². The molecule has 0 aromatic heterocycles. The Morgan fingerprint density at radius 1 is 1.52 bits per heavy atom. The topological polar surface area (TPSA) is 113 Å². The quantitative estimate of drug-likeness (QED) is 0.639. The van der Waals surface area contributed by atoms with Gasteiger partial charge in [-0.15, -0.1) is 0 Å². The molecule has 1 amide bonds. The van der Waals surface area contributed by atoms with Gasteiger partial charge in [-0.3, -0.25) is 14.9 Å². The summed E-state index contributed by atoms with van der Waals surface area (Å²) in [6.45, 7) is 0.507. The van der Waals surface area contributed by atoms with Gasteiger partial charge in [-0.05, 0) is 18.6 Å². The van der Waals surface area contributed by atoms with E-state index in [1.54, 1.807) is 11.9 Å². The molecule has 0 aliphatic carbocycles. The van der Waals surface area contributed by atoms with Crippen molar-refractivity contribution in [1.29, 1.82) is 0 Å². The average Bonchev–Trinajstić information content (AvgIpc) is 2.42. The van der Waals surface area contributed by atoms with Crippen molar-refractivity contribution in [1.82, 2.24) is 4.90 Å². The molecule has 1 saturated heterocycles. The molecule has 1 heterocycles. The molecule has 8 nitrogen and oxygen atoms in total. The number of nitro groups is 1. The van der Waals surface area contributed by atoms with Gasteiger partial charge in [0.05, 0.1) is 4.92 Å². The van der Waals surface area contributed by atoms with Crippen molar-refractivity contribution in [3.05, 3.63) is 33.9 Å². The zero-order chi connectivity index (χ0) is 15.6. The summed E-state index contributed by atoms with van der Waals surface area (Å²) in [4.78, 5) is 34.1. The van der Waals surface area contributed by atoms with E-state index < -0.39 is 16.6 Å². The molecule has 1 aliphatic heterocycles. The number of rotatable bonds is 4. The van der Waals surface area contributed by atoms with Crippen LogP contribution >= 0.6 is 0 Å². The third kappa shape index (κ3) is 3.28.